The minimum absolute atomic E-state index is 0.199. The van der Waals surface area contributed by atoms with E-state index in [1.54, 1.807) is 0 Å². The molecule has 128 valence electrons. The van der Waals surface area contributed by atoms with Gasteiger partial charge in [-0.15, -0.1) is 0 Å². The topological polar surface area (TPSA) is 61.8 Å². The third-order valence-electron chi connectivity index (χ3n) is 6.89. The van der Waals surface area contributed by atoms with Gasteiger partial charge >= 0.3 is 11.9 Å². The molecule has 0 unspecified atom stereocenters. The molecule has 4 fully saturated rings. The molecule has 0 aromatic heterocycles. The first-order chi connectivity index (χ1) is 11.1. The van der Waals surface area contributed by atoms with Crippen molar-refractivity contribution in [2.24, 2.45) is 47.3 Å². The summed E-state index contributed by atoms with van der Waals surface area (Å²) in [6, 6.07) is 0. The molecule has 0 bridgehead atoms. The fourth-order valence-corrected chi connectivity index (χ4v) is 6.48. The first kappa shape index (κ1) is 15.4. The second-order valence-electron chi connectivity index (χ2n) is 7.95. The van der Waals surface area contributed by atoms with Gasteiger partial charge in [0.15, 0.2) is 0 Å². The van der Waals surface area contributed by atoms with Gasteiger partial charge in [0, 0.05) is 26.4 Å². The lowest BCUT2D eigenvalue weighted by Gasteiger charge is -2.34. The summed E-state index contributed by atoms with van der Waals surface area (Å²) in [5.41, 5.74) is 0. The Morgan fingerprint density at radius 2 is 1.65 bits per heavy atom. The van der Waals surface area contributed by atoms with Crippen LogP contribution in [0.5, 0.6) is 0 Å². The number of hydrogen-bond donors (Lipinski definition) is 0. The quantitative estimate of drug-likeness (QED) is 0.740. The molecule has 1 aliphatic heterocycles. The van der Waals surface area contributed by atoms with Crippen molar-refractivity contribution >= 4 is 11.9 Å². The van der Waals surface area contributed by atoms with E-state index in [0.29, 0.717) is 42.8 Å². The van der Waals surface area contributed by atoms with Crippen LogP contribution in [0.15, 0.2) is 0 Å². The highest BCUT2D eigenvalue weighted by Gasteiger charge is 2.65. The Morgan fingerprint density at radius 3 is 2.39 bits per heavy atom. The average Bonchev–Trinajstić information content (AvgIpc) is 3.11. The summed E-state index contributed by atoms with van der Waals surface area (Å²) in [6.45, 7) is 5.67. The summed E-state index contributed by atoms with van der Waals surface area (Å²) in [4.78, 5) is 22.5. The van der Waals surface area contributed by atoms with Crippen molar-refractivity contribution in [3.8, 4) is 0 Å². The van der Waals surface area contributed by atoms with Gasteiger partial charge in [0.25, 0.3) is 0 Å². The molecule has 3 saturated carbocycles. The van der Waals surface area contributed by atoms with E-state index in [1.165, 1.54) is 20.3 Å². The summed E-state index contributed by atoms with van der Waals surface area (Å²) in [5.74, 6) is 4.26. The van der Waals surface area contributed by atoms with Crippen molar-refractivity contribution < 1.29 is 23.8 Å². The van der Waals surface area contributed by atoms with Crippen LogP contribution in [-0.2, 0) is 23.8 Å². The third-order valence-corrected chi connectivity index (χ3v) is 6.89. The standard InChI is InChI=1S/C18H26O5/c1-9(19)22-6-13-4-11-3-12-5-21-7-14-15(8-23-10(2)20)17(13)18(11)16(12)14/h11-18H,3-8H2,1-2H3/t11-,12+,13-,14+,15-,16+,17-,18+/m1/s1. The molecule has 3 aliphatic carbocycles. The number of carbonyl (C=O) groups is 2. The highest BCUT2D eigenvalue weighted by Crippen LogP contribution is 2.67. The van der Waals surface area contributed by atoms with Gasteiger partial charge in [-0.3, -0.25) is 9.59 Å². The number of hydrogen-bond acceptors (Lipinski definition) is 5. The van der Waals surface area contributed by atoms with Gasteiger partial charge in [0.05, 0.1) is 19.8 Å². The lowest BCUT2D eigenvalue weighted by Crippen LogP contribution is -2.36. The van der Waals surface area contributed by atoms with Gasteiger partial charge in [-0.05, 0) is 54.3 Å². The summed E-state index contributed by atoms with van der Waals surface area (Å²) in [7, 11) is 0. The highest BCUT2D eigenvalue weighted by molar-refractivity contribution is 5.66. The van der Waals surface area contributed by atoms with Crippen molar-refractivity contribution in [2.75, 3.05) is 26.4 Å². The summed E-state index contributed by atoms with van der Waals surface area (Å²) in [5, 5.41) is 0. The van der Waals surface area contributed by atoms with E-state index in [1.807, 2.05) is 0 Å². The van der Waals surface area contributed by atoms with E-state index in [0.717, 1.165) is 37.4 Å². The zero-order valence-corrected chi connectivity index (χ0v) is 13.9. The van der Waals surface area contributed by atoms with Gasteiger partial charge in [0.2, 0.25) is 0 Å². The average molecular weight is 322 g/mol. The molecule has 0 aromatic rings. The molecule has 0 radical (unpaired) electrons. The smallest absolute Gasteiger partial charge is 0.302 e. The van der Waals surface area contributed by atoms with Gasteiger partial charge < -0.3 is 14.2 Å². The summed E-state index contributed by atoms with van der Waals surface area (Å²) < 4.78 is 16.6. The molecule has 0 amide bonds. The Bertz CT molecular complexity index is 504. The zero-order chi connectivity index (χ0) is 16.1. The van der Waals surface area contributed by atoms with Gasteiger partial charge in [0.1, 0.15) is 0 Å². The van der Waals surface area contributed by atoms with Crippen LogP contribution < -0.4 is 0 Å². The Balaban J connectivity index is 1.57. The van der Waals surface area contributed by atoms with Crippen molar-refractivity contribution in [3.05, 3.63) is 0 Å². The summed E-state index contributed by atoms with van der Waals surface area (Å²) >= 11 is 0. The largest absolute Gasteiger partial charge is 0.466 e. The third kappa shape index (κ3) is 2.48. The second-order valence-corrected chi connectivity index (χ2v) is 7.95. The number of rotatable bonds is 4. The van der Waals surface area contributed by atoms with E-state index in [-0.39, 0.29) is 11.9 Å². The monoisotopic (exact) mass is 322 g/mol. The van der Waals surface area contributed by atoms with Crippen molar-refractivity contribution in [3.63, 3.8) is 0 Å². The molecule has 5 nitrogen and oxygen atoms in total. The predicted octanol–water partition coefficient (Wildman–Crippen LogP) is 1.89. The molecule has 5 heteroatoms. The van der Waals surface area contributed by atoms with Gasteiger partial charge in [-0.25, -0.2) is 0 Å². The lowest BCUT2D eigenvalue weighted by molar-refractivity contribution is -0.144. The van der Waals surface area contributed by atoms with E-state index >= 15 is 0 Å². The maximum atomic E-state index is 11.3. The molecular formula is C18H26O5. The lowest BCUT2D eigenvalue weighted by atomic mass is 9.80. The Hall–Kier alpha value is -1.10. The fourth-order valence-electron chi connectivity index (χ4n) is 6.48. The number of esters is 2. The first-order valence-electron chi connectivity index (χ1n) is 8.90. The molecule has 0 aromatic carbocycles. The van der Waals surface area contributed by atoms with Crippen LogP contribution in [-0.4, -0.2) is 38.4 Å². The Morgan fingerprint density at radius 1 is 0.913 bits per heavy atom. The van der Waals surface area contributed by atoms with E-state index < -0.39 is 0 Å². The first-order valence-corrected chi connectivity index (χ1v) is 8.90. The molecule has 8 atom stereocenters. The maximum Gasteiger partial charge on any atom is 0.302 e. The molecule has 0 N–H and O–H groups in total. The van der Waals surface area contributed by atoms with Crippen LogP contribution in [0.2, 0.25) is 0 Å². The molecule has 23 heavy (non-hydrogen) atoms. The number of carbonyl (C=O) groups excluding carboxylic acids is 2. The number of ether oxygens (including phenoxy) is 3. The molecule has 1 heterocycles. The predicted molar refractivity (Wildman–Crippen MR) is 81.2 cm³/mol. The Kier molecular flexibility index (Phi) is 3.87. The van der Waals surface area contributed by atoms with Gasteiger partial charge in [-0.2, -0.15) is 0 Å². The van der Waals surface area contributed by atoms with Crippen molar-refractivity contribution in [1.29, 1.82) is 0 Å². The minimum atomic E-state index is -0.207. The molecular weight excluding hydrogens is 296 g/mol. The normalized spacial score (nSPS) is 46.5. The van der Waals surface area contributed by atoms with Gasteiger partial charge in [-0.1, -0.05) is 0 Å². The SMILES string of the molecule is CC(=O)OC[C@H]1C[C@H]2C[C@H]3COC[C@H]4[C@@H](COC(C)=O)[C@@H]1[C@@H]2[C@@H]34. The van der Waals surface area contributed by atoms with Crippen molar-refractivity contribution in [1.82, 2.24) is 0 Å². The molecule has 4 rings (SSSR count). The van der Waals surface area contributed by atoms with E-state index in [2.05, 4.69) is 0 Å². The fraction of sp³-hybridized carbons (Fsp3) is 0.889. The van der Waals surface area contributed by atoms with Crippen LogP contribution >= 0.6 is 0 Å². The maximum absolute atomic E-state index is 11.3. The highest BCUT2D eigenvalue weighted by atomic mass is 16.5. The van der Waals surface area contributed by atoms with E-state index in [9.17, 15) is 9.59 Å². The summed E-state index contributed by atoms with van der Waals surface area (Å²) in [6.07, 6.45) is 2.41. The van der Waals surface area contributed by atoms with E-state index in [4.69, 9.17) is 14.2 Å². The van der Waals surface area contributed by atoms with Crippen LogP contribution in [0, 0.1) is 47.3 Å². The minimum Gasteiger partial charge on any atom is -0.466 e. The zero-order valence-electron chi connectivity index (χ0n) is 13.9. The Labute approximate surface area is 137 Å². The van der Waals surface area contributed by atoms with Crippen molar-refractivity contribution in [2.45, 2.75) is 26.7 Å². The van der Waals surface area contributed by atoms with Crippen LogP contribution in [0.3, 0.4) is 0 Å². The van der Waals surface area contributed by atoms with Crippen LogP contribution in [0.4, 0.5) is 0 Å². The van der Waals surface area contributed by atoms with Crippen LogP contribution in [0.1, 0.15) is 26.7 Å². The molecule has 0 spiro atoms. The second kappa shape index (κ2) is 5.76. The van der Waals surface area contributed by atoms with Crippen LogP contribution in [0.25, 0.3) is 0 Å². The molecule has 1 saturated heterocycles. The molecule has 4 aliphatic rings.